The van der Waals surface area contributed by atoms with E-state index in [1.807, 2.05) is 30.3 Å². The van der Waals surface area contributed by atoms with Crippen molar-refractivity contribution >= 4 is 5.97 Å². The van der Waals surface area contributed by atoms with Crippen LogP contribution in [0.3, 0.4) is 0 Å². The normalized spacial score (nSPS) is 17.1. The van der Waals surface area contributed by atoms with E-state index in [2.05, 4.69) is 6.08 Å². The van der Waals surface area contributed by atoms with E-state index < -0.39 is 0 Å². The van der Waals surface area contributed by atoms with Crippen molar-refractivity contribution in [2.45, 2.75) is 38.7 Å². The van der Waals surface area contributed by atoms with Gasteiger partial charge in [0.15, 0.2) is 0 Å². The van der Waals surface area contributed by atoms with E-state index in [4.69, 9.17) is 4.74 Å². The van der Waals surface area contributed by atoms with Gasteiger partial charge < -0.3 is 4.74 Å². The van der Waals surface area contributed by atoms with Crippen LogP contribution in [-0.4, -0.2) is 5.97 Å². The predicted molar refractivity (Wildman–Crippen MR) is 67.5 cm³/mol. The standard InChI is InChI=1S/C15H18O2/c1-12(16)17-15(13-8-4-2-5-9-13)14-10-6-3-7-11-14/h2,4-5,8-10,15H,3,6-7,11H2,1H3. The molecule has 1 unspecified atom stereocenters. The molecule has 0 saturated heterocycles. The molecule has 1 aromatic carbocycles. The molecule has 0 aliphatic heterocycles. The summed E-state index contributed by atoms with van der Waals surface area (Å²) in [4.78, 5) is 11.2. The minimum Gasteiger partial charge on any atom is -0.453 e. The maximum atomic E-state index is 11.2. The molecular weight excluding hydrogens is 212 g/mol. The Balaban J connectivity index is 2.24. The summed E-state index contributed by atoms with van der Waals surface area (Å²) in [5.41, 5.74) is 2.31. The predicted octanol–water partition coefficient (Wildman–Crippen LogP) is 3.79. The Morgan fingerprint density at radius 1 is 1.24 bits per heavy atom. The van der Waals surface area contributed by atoms with Gasteiger partial charge in [0.25, 0.3) is 0 Å². The summed E-state index contributed by atoms with van der Waals surface area (Å²) in [6.07, 6.45) is 6.60. The molecule has 0 bridgehead atoms. The zero-order valence-corrected chi connectivity index (χ0v) is 10.2. The zero-order chi connectivity index (χ0) is 12.1. The van der Waals surface area contributed by atoms with Crippen molar-refractivity contribution < 1.29 is 9.53 Å². The van der Waals surface area contributed by atoms with E-state index in [9.17, 15) is 4.79 Å². The van der Waals surface area contributed by atoms with Crippen LogP contribution in [0.4, 0.5) is 0 Å². The Hall–Kier alpha value is -1.57. The van der Waals surface area contributed by atoms with Crippen LogP contribution in [0.25, 0.3) is 0 Å². The van der Waals surface area contributed by atoms with Gasteiger partial charge in [-0.3, -0.25) is 4.79 Å². The van der Waals surface area contributed by atoms with Gasteiger partial charge in [-0.2, -0.15) is 0 Å². The third-order valence-electron chi connectivity index (χ3n) is 3.05. The highest BCUT2D eigenvalue weighted by atomic mass is 16.5. The van der Waals surface area contributed by atoms with E-state index >= 15 is 0 Å². The number of rotatable bonds is 3. The largest absolute Gasteiger partial charge is 0.453 e. The maximum Gasteiger partial charge on any atom is 0.303 e. The lowest BCUT2D eigenvalue weighted by molar-refractivity contribution is -0.145. The van der Waals surface area contributed by atoms with Crippen molar-refractivity contribution in [1.29, 1.82) is 0 Å². The molecule has 0 radical (unpaired) electrons. The highest BCUT2D eigenvalue weighted by Gasteiger charge is 2.20. The highest BCUT2D eigenvalue weighted by Crippen LogP contribution is 2.32. The molecule has 2 heteroatoms. The minimum atomic E-state index is -0.217. The number of ether oxygens (including phenoxy) is 1. The Morgan fingerprint density at radius 2 is 2.00 bits per heavy atom. The van der Waals surface area contributed by atoms with Crippen LogP contribution >= 0.6 is 0 Å². The second-order valence-corrected chi connectivity index (χ2v) is 4.42. The molecule has 0 amide bonds. The molecule has 2 nitrogen and oxygen atoms in total. The molecule has 1 aliphatic rings. The van der Waals surface area contributed by atoms with Crippen LogP contribution in [-0.2, 0) is 9.53 Å². The van der Waals surface area contributed by atoms with E-state index in [-0.39, 0.29) is 12.1 Å². The molecule has 1 aromatic rings. The number of carbonyl (C=O) groups excluding carboxylic acids is 1. The molecule has 0 saturated carbocycles. The summed E-state index contributed by atoms with van der Waals surface area (Å²) in [6.45, 7) is 1.47. The third-order valence-corrected chi connectivity index (χ3v) is 3.05. The van der Waals surface area contributed by atoms with Crippen molar-refractivity contribution in [2.24, 2.45) is 0 Å². The number of carbonyl (C=O) groups is 1. The molecule has 90 valence electrons. The molecule has 2 rings (SSSR count). The first kappa shape index (κ1) is 11.9. The lowest BCUT2D eigenvalue weighted by Gasteiger charge is -2.23. The quantitative estimate of drug-likeness (QED) is 0.583. The van der Waals surface area contributed by atoms with Crippen LogP contribution in [0.5, 0.6) is 0 Å². The first-order chi connectivity index (χ1) is 8.27. The minimum absolute atomic E-state index is 0.186. The summed E-state index contributed by atoms with van der Waals surface area (Å²) in [6, 6.07) is 9.97. The fourth-order valence-corrected chi connectivity index (χ4v) is 2.25. The van der Waals surface area contributed by atoms with Crippen molar-refractivity contribution in [2.75, 3.05) is 0 Å². The molecule has 1 aliphatic carbocycles. The maximum absolute atomic E-state index is 11.2. The molecule has 0 fully saturated rings. The van der Waals surface area contributed by atoms with Crippen LogP contribution in [0.15, 0.2) is 42.0 Å². The number of allylic oxidation sites excluding steroid dienone is 1. The highest BCUT2D eigenvalue weighted by molar-refractivity contribution is 5.66. The first-order valence-corrected chi connectivity index (χ1v) is 6.18. The Bertz CT molecular complexity index is 406. The average molecular weight is 230 g/mol. The van der Waals surface area contributed by atoms with Crippen LogP contribution in [0, 0.1) is 0 Å². The smallest absolute Gasteiger partial charge is 0.303 e. The Labute approximate surface area is 102 Å². The number of hydrogen-bond acceptors (Lipinski definition) is 2. The summed E-state index contributed by atoms with van der Waals surface area (Å²) >= 11 is 0. The number of benzene rings is 1. The molecule has 17 heavy (non-hydrogen) atoms. The van der Waals surface area contributed by atoms with E-state index in [0.29, 0.717) is 0 Å². The molecule has 0 aromatic heterocycles. The summed E-state index contributed by atoms with van der Waals surface area (Å²) in [5.74, 6) is -0.217. The van der Waals surface area contributed by atoms with Gasteiger partial charge in [0, 0.05) is 6.92 Å². The van der Waals surface area contributed by atoms with Gasteiger partial charge in [0.2, 0.25) is 0 Å². The fraction of sp³-hybridized carbons (Fsp3) is 0.400. The SMILES string of the molecule is CC(=O)OC(C1=CCCCC1)c1ccccc1. The Morgan fingerprint density at radius 3 is 2.59 bits per heavy atom. The second-order valence-electron chi connectivity index (χ2n) is 4.42. The van der Waals surface area contributed by atoms with Crippen LogP contribution in [0.1, 0.15) is 44.3 Å². The lowest BCUT2D eigenvalue weighted by Crippen LogP contribution is -2.12. The molecule has 0 N–H and O–H groups in total. The van der Waals surface area contributed by atoms with Crippen molar-refractivity contribution in [3.8, 4) is 0 Å². The van der Waals surface area contributed by atoms with Crippen molar-refractivity contribution in [3.63, 3.8) is 0 Å². The van der Waals surface area contributed by atoms with Crippen molar-refractivity contribution in [3.05, 3.63) is 47.5 Å². The zero-order valence-electron chi connectivity index (χ0n) is 10.2. The number of esters is 1. The van der Waals surface area contributed by atoms with E-state index in [1.54, 1.807) is 0 Å². The summed E-state index contributed by atoms with van der Waals surface area (Å²) in [5, 5.41) is 0. The summed E-state index contributed by atoms with van der Waals surface area (Å²) in [7, 11) is 0. The average Bonchev–Trinajstić information content (AvgIpc) is 2.38. The van der Waals surface area contributed by atoms with Gasteiger partial charge in [0.1, 0.15) is 6.10 Å². The lowest BCUT2D eigenvalue weighted by atomic mass is 9.91. The third kappa shape index (κ3) is 3.19. The van der Waals surface area contributed by atoms with E-state index in [1.165, 1.54) is 25.3 Å². The van der Waals surface area contributed by atoms with Gasteiger partial charge in [-0.15, -0.1) is 0 Å². The molecule has 0 heterocycles. The first-order valence-electron chi connectivity index (χ1n) is 6.18. The van der Waals surface area contributed by atoms with E-state index in [0.717, 1.165) is 18.4 Å². The van der Waals surface area contributed by atoms with Gasteiger partial charge in [0.05, 0.1) is 0 Å². The van der Waals surface area contributed by atoms with Crippen LogP contribution < -0.4 is 0 Å². The van der Waals surface area contributed by atoms with Crippen LogP contribution in [0.2, 0.25) is 0 Å². The van der Waals surface area contributed by atoms with Gasteiger partial charge in [-0.05, 0) is 36.8 Å². The van der Waals surface area contributed by atoms with Gasteiger partial charge >= 0.3 is 5.97 Å². The number of hydrogen-bond donors (Lipinski definition) is 0. The topological polar surface area (TPSA) is 26.3 Å². The monoisotopic (exact) mass is 230 g/mol. The molecule has 1 atom stereocenters. The van der Waals surface area contributed by atoms with Crippen molar-refractivity contribution in [1.82, 2.24) is 0 Å². The summed E-state index contributed by atoms with van der Waals surface area (Å²) < 4.78 is 5.47. The fourth-order valence-electron chi connectivity index (χ4n) is 2.25. The molecular formula is C15H18O2. The van der Waals surface area contributed by atoms with Gasteiger partial charge in [-0.25, -0.2) is 0 Å². The van der Waals surface area contributed by atoms with Gasteiger partial charge in [-0.1, -0.05) is 36.4 Å². The Kier molecular flexibility index (Phi) is 3.97. The molecule has 0 spiro atoms. The second kappa shape index (κ2) is 5.67.